The molecular formula is C10H8F2O2. The maximum atomic E-state index is 12.9. The highest BCUT2D eigenvalue weighted by atomic mass is 19.2. The lowest BCUT2D eigenvalue weighted by Gasteiger charge is -2.16. The second kappa shape index (κ2) is 3.04. The zero-order chi connectivity index (χ0) is 10.3. The van der Waals surface area contributed by atoms with Gasteiger partial charge in [0.15, 0.2) is 17.3 Å². The molecule has 0 spiro atoms. The Balaban J connectivity index is 2.69. The predicted molar refractivity (Wildman–Crippen MR) is 45.3 cm³/mol. The molecule has 0 fully saturated rings. The Morgan fingerprint density at radius 2 is 2.00 bits per heavy atom. The third-order valence-corrected chi connectivity index (χ3v) is 2.43. The van der Waals surface area contributed by atoms with E-state index in [0.29, 0.717) is 19.3 Å². The van der Waals surface area contributed by atoms with Crippen molar-refractivity contribution in [3.63, 3.8) is 0 Å². The van der Waals surface area contributed by atoms with Crippen LogP contribution in [0.4, 0.5) is 8.78 Å². The number of ketones is 1. The first-order valence-corrected chi connectivity index (χ1v) is 4.34. The first-order chi connectivity index (χ1) is 6.61. The van der Waals surface area contributed by atoms with E-state index in [2.05, 4.69) is 0 Å². The van der Waals surface area contributed by atoms with Crippen molar-refractivity contribution in [3.8, 4) is 5.75 Å². The Morgan fingerprint density at radius 1 is 1.29 bits per heavy atom. The van der Waals surface area contributed by atoms with Crippen molar-refractivity contribution >= 4 is 5.78 Å². The van der Waals surface area contributed by atoms with Crippen LogP contribution in [0.2, 0.25) is 0 Å². The normalized spacial score (nSPS) is 15.4. The summed E-state index contributed by atoms with van der Waals surface area (Å²) in [5, 5.41) is 9.27. The first kappa shape index (κ1) is 9.12. The van der Waals surface area contributed by atoms with Crippen LogP contribution in [0.15, 0.2) is 6.07 Å². The summed E-state index contributed by atoms with van der Waals surface area (Å²) in [6.07, 6.45) is 1.33. The van der Waals surface area contributed by atoms with Gasteiger partial charge in [0.05, 0.1) is 0 Å². The van der Waals surface area contributed by atoms with E-state index in [9.17, 15) is 18.7 Å². The molecule has 0 heterocycles. The van der Waals surface area contributed by atoms with E-state index in [4.69, 9.17) is 0 Å². The van der Waals surface area contributed by atoms with Crippen molar-refractivity contribution < 1.29 is 18.7 Å². The highest BCUT2D eigenvalue weighted by Crippen LogP contribution is 2.32. The van der Waals surface area contributed by atoms with Gasteiger partial charge in [0.1, 0.15) is 0 Å². The lowest BCUT2D eigenvalue weighted by atomic mass is 9.90. The number of hydrogen-bond donors (Lipinski definition) is 1. The van der Waals surface area contributed by atoms with E-state index in [0.717, 1.165) is 6.07 Å². The molecule has 0 saturated heterocycles. The molecule has 14 heavy (non-hydrogen) atoms. The van der Waals surface area contributed by atoms with Gasteiger partial charge in [-0.15, -0.1) is 0 Å². The average Bonchev–Trinajstić information content (AvgIpc) is 2.17. The minimum absolute atomic E-state index is 0.118. The van der Waals surface area contributed by atoms with E-state index in [-0.39, 0.29) is 16.9 Å². The van der Waals surface area contributed by atoms with Gasteiger partial charge in [0.25, 0.3) is 0 Å². The van der Waals surface area contributed by atoms with Gasteiger partial charge in [-0.2, -0.15) is 4.39 Å². The van der Waals surface area contributed by atoms with Crippen LogP contribution in [0, 0.1) is 11.6 Å². The number of fused-ring (bicyclic) bond motifs is 1. The maximum Gasteiger partial charge on any atom is 0.200 e. The number of phenolic OH excluding ortho intramolecular Hbond substituents is 1. The Hall–Kier alpha value is -1.45. The molecule has 0 atom stereocenters. The van der Waals surface area contributed by atoms with Gasteiger partial charge in [-0.05, 0) is 18.9 Å². The van der Waals surface area contributed by atoms with Gasteiger partial charge in [0, 0.05) is 17.5 Å². The van der Waals surface area contributed by atoms with Crippen LogP contribution >= 0.6 is 0 Å². The summed E-state index contributed by atoms with van der Waals surface area (Å²) in [5.74, 6) is -3.39. The smallest absolute Gasteiger partial charge is 0.200 e. The van der Waals surface area contributed by atoms with Crippen LogP contribution < -0.4 is 0 Å². The monoisotopic (exact) mass is 198 g/mol. The third kappa shape index (κ3) is 1.18. The van der Waals surface area contributed by atoms with E-state index in [1.807, 2.05) is 0 Å². The van der Waals surface area contributed by atoms with Crippen LogP contribution in [0.25, 0.3) is 0 Å². The van der Waals surface area contributed by atoms with E-state index < -0.39 is 17.4 Å². The SMILES string of the molecule is O=C1CCCc2c1cc(F)c(F)c2O. The van der Waals surface area contributed by atoms with E-state index in [1.165, 1.54) is 0 Å². The number of carbonyl (C=O) groups is 1. The topological polar surface area (TPSA) is 37.3 Å². The highest BCUT2D eigenvalue weighted by molar-refractivity contribution is 5.99. The van der Waals surface area contributed by atoms with Crippen molar-refractivity contribution in [2.24, 2.45) is 0 Å². The molecular weight excluding hydrogens is 190 g/mol. The summed E-state index contributed by atoms with van der Waals surface area (Å²) < 4.78 is 25.8. The molecule has 1 aliphatic rings. The summed E-state index contributed by atoms with van der Waals surface area (Å²) >= 11 is 0. The maximum absolute atomic E-state index is 12.9. The van der Waals surface area contributed by atoms with Crippen molar-refractivity contribution in [3.05, 3.63) is 28.8 Å². The Morgan fingerprint density at radius 3 is 2.71 bits per heavy atom. The number of carbonyl (C=O) groups excluding carboxylic acids is 1. The fourth-order valence-electron chi connectivity index (χ4n) is 1.71. The van der Waals surface area contributed by atoms with Crippen LogP contribution in [0.5, 0.6) is 5.75 Å². The standard InChI is InChI=1S/C10H8F2O2/c11-7-4-6-5(10(14)9(7)12)2-1-3-8(6)13/h4,14H,1-3H2. The second-order valence-corrected chi connectivity index (χ2v) is 3.32. The molecule has 1 N–H and O–H groups in total. The molecule has 0 bridgehead atoms. The number of hydrogen-bond acceptors (Lipinski definition) is 2. The number of Topliss-reactive ketones (excluding diaryl/α,β-unsaturated/α-hetero) is 1. The molecule has 0 radical (unpaired) electrons. The van der Waals surface area contributed by atoms with Crippen molar-refractivity contribution in [2.45, 2.75) is 19.3 Å². The summed E-state index contributed by atoms with van der Waals surface area (Å²) in [4.78, 5) is 11.3. The molecule has 1 aliphatic carbocycles. The number of aromatic hydroxyl groups is 1. The Bertz CT molecular complexity index is 413. The van der Waals surface area contributed by atoms with Gasteiger partial charge in [0.2, 0.25) is 5.82 Å². The van der Waals surface area contributed by atoms with Crippen molar-refractivity contribution in [1.29, 1.82) is 0 Å². The van der Waals surface area contributed by atoms with Crippen LogP contribution in [0.1, 0.15) is 28.8 Å². The molecule has 4 heteroatoms. The number of phenols is 1. The molecule has 2 rings (SSSR count). The van der Waals surface area contributed by atoms with Gasteiger partial charge in [-0.3, -0.25) is 4.79 Å². The lowest BCUT2D eigenvalue weighted by Crippen LogP contribution is -2.12. The van der Waals surface area contributed by atoms with Gasteiger partial charge in [-0.1, -0.05) is 0 Å². The number of benzene rings is 1. The molecule has 0 aromatic heterocycles. The molecule has 74 valence electrons. The molecule has 1 aromatic carbocycles. The highest BCUT2D eigenvalue weighted by Gasteiger charge is 2.24. The van der Waals surface area contributed by atoms with Gasteiger partial charge in [-0.25, -0.2) is 4.39 Å². The average molecular weight is 198 g/mol. The molecule has 0 saturated carbocycles. The quantitative estimate of drug-likeness (QED) is 0.693. The summed E-state index contributed by atoms with van der Waals surface area (Å²) in [6, 6.07) is 0.867. The second-order valence-electron chi connectivity index (χ2n) is 3.32. The summed E-state index contributed by atoms with van der Waals surface area (Å²) in [7, 11) is 0. The zero-order valence-electron chi connectivity index (χ0n) is 7.31. The van der Waals surface area contributed by atoms with Crippen LogP contribution in [-0.2, 0) is 6.42 Å². The summed E-state index contributed by atoms with van der Waals surface area (Å²) in [6.45, 7) is 0. The Labute approximate surface area is 79.2 Å². The summed E-state index contributed by atoms with van der Waals surface area (Å²) in [5.41, 5.74) is 0.354. The lowest BCUT2D eigenvalue weighted by molar-refractivity contribution is 0.0970. The Kier molecular flexibility index (Phi) is 1.98. The first-order valence-electron chi connectivity index (χ1n) is 4.34. The molecule has 0 amide bonds. The minimum atomic E-state index is -1.27. The van der Waals surface area contributed by atoms with Gasteiger partial charge < -0.3 is 5.11 Å². The molecule has 0 unspecified atom stereocenters. The minimum Gasteiger partial charge on any atom is -0.505 e. The van der Waals surface area contributed by atoms with Gasteiger partial charge >= 0.3 is 0 Å². The molecule has 1 aromatic rings. The van der Waals surface area contributed by atoms with E-state index >= 15 is 0 Å². The third-order valence-electron chi connectivity index (χ3n) is 2.43. The largest absolute Gasteiger partial charge is 0.505 e. The molecule has 0 aliphatic heterocycles. The zero-order valence-corrected chi connectivity index (χ0v) is 7.31. The number of halogens is 2. The molecule has 2 nitrogen and oxygen atoms in total. The number of rotatable bonds is 0. The fraction of sp³-hybridized carbons (Fsp3) is 0.300. The van der Waals surface area contributed by atoms with E-state index in [1.54, 1.807) is 0 Å². The van der Waals surface area contributed by atoms with Crippen molar-refractivity contribution in [2.75, 3.05) is 0 Å². The van der Waals surface area contributed by atoms with Crippen LogP contribution in [-0.4, -0.2) is 10.9 Å². The fourth-order valence-corrected chi connectivity index (χ4v) is 1.71. The van der Waals surface area contributed by atoms with Crippen molar-refractivity contribution in [1.82, 2.24) is 0 Å². The predicted octanol–water partition coefficient (Wildman–Crippen LogP) is 2.19. The van der Waals surface area contributed by atoms with Crippen LogP contribution in [0.3, 0.4) is 0 Å².